The quantitative estimate of drug-likeness (QED) is 0.672. The molecule has 1 aromatic rings. The highest BCUT2D eigenvalue weighted by atomic mass is 15.2. The maximum atomic E-state index is 4.35. The third-order valence-electron chi connectivity index (χ3n) is 2.60. The molecule has 0 aliphatic carbocycles. The van der Waals surface area contributed by atoms with E-state index in [9.17, 15) is 0 Å². The molecular weight excluding hydrogens is 202 g/mol. The first kappa shape index (κ1) is 11.4. The minimum absolute atomic E-state index is 0.185. The van der Waals surface area contributed by atoms with E-state index in [0.717, 1.165) is 18.8 Å². The SMILES string of the molecule is CC(C)NC1NCCNC1c1cnccn1. The molecule has 0 bridgehead atoms. The molecule has 3 N–H and O–H groups in total. The second-order valence-corrected chi connectivity index (χ2v) is 4.32. The van der Waals surface area contributed by atoms with Gasteiger partial charge in [-0.15, -0.1) is 0 Å². The highest BCUT2D eigenvalue weighted by Gasteiger charge is 2.26. The van der Waals surface area contributed by atoms with Crippen molar-refractivity contribution < 1.29 is 0 Å². The summed E-state index contributed by atoms with van der Waals surface area (Å²) in [7, 11) is 0. The van der Waals surface area contributed by atoms with Crippen LogP contribution in [0.1, 0.15) is 25.6 Å². The van der Waals surface area contributed by atoms with Gasteiger partial charge in [0.1, 0.15) is 0 Å². The molecule has 1 saturated heterocycles. The lowest BCUT2D eigenvalue weighted by Crippen LogP contribution is -2.58. The van der Waals surface area contributed by atoms with Crippen LogP contribution in [0.3, 0.4) is 0 Å². The number of nitrogens with one attached hydrogen (secondary N) is 3. The summed E-state index contributed by atoms with van der Waals surface area (Å²) in [5, 5.41) is 10.4. The van der Waals surface area contributed by atoms with Crippen LogP contribution in [0, 0.1) is 0 Å². The van der Waals surface area contributed by atoms with Crippen LogP contribution in [-0.2, 0) is 0 Å². The van der Waals surface area contributed by atoms with Crippen molar-refractivity contribution in [3.8, 4) is 0 Å². The minimum atomic E-state index is 0.185. The van der Waals surface area contributed by atoms with E-state index in [1.54, 1.807) is 12.4 Å². The van der Waals surface area contributed by atoms with E-state index in [0.29, 0.717) is 6.04 Å². The first-order valence-electron chi connectivity index (χ1n) is 5.76. The molecule has 16 heavy (non-hydrogen) atoms. The monoisotopic (exact) mass is 221 g/mol. The van der Waals surface area contributed by atoms with Gasteiger partial charge >= 0.3 is 0 Å². The second kappa shape index (κ2) is 5.34. The van der Waals surface area contributed by atoms with Gasteiger partial charge in [0.05, 0.1) is 24.1 Å². The minimum Gasteiger partial charge on any atom is -0.305 e. The molecule has 0 radical (unpaired) electrons. The maximum Gasteiger partial charge on any atom is 0.0801 e. The van der Waals surface area contributed by atoms with Gasteiger partial charge in [0.25, 0.3) is 0 Å². The van der Waals surface area contributed by atoms with Gasteiger partial charge in [0, 0.05) is 31.5 Å². The van der Waals surface area contributed by atoms with Gasteiger partial charge in [-0.25, -0.2) is 0 Å². The molecule has 2 rings (SSSR count). The van der Waals surface area contributed by atoms with E-state index >= 15 is 0 Å². The van der Waals surface area contributed by atoms with Gasteiger partial charge in [0.15, 0.2) is 0 Å². The van der Waals surface area contributed by atoms with E-state index < -0.39 is 0 Å². The summed E-state index contributed by atoms with van der Waals surface area (Å²) < 4.78 is 0. The van der Waals surface area contributed by atoms with Gasteiger partial charge in [0.2, 0.25) is 0 Å². The third-order valence-corrected chi connectivity index (χ3v) is 2.60. The predicted molar refractivity (Wildman–Crippen MR) is 62.8 cm³/mol. The molecule has 2 unspecified atom stereocenters. The van der Waals surface area contributed by atoms with Crippen LogP contribution < -0.4 is 16.0 Å². The third kappa shape index (κ3) is 2.75. The van der Waals surface area contributed by atoms with Crippen molar-refractivity contribution in [3.63, 3.8) is 0 Å². The lowest BCUT2D eigenvalue weighted by molar-refractivity contribution is 0.262. The fraction of sp³-hybridized carbons (Fsp3) is 0.636. The Labute approximate surface area is 96.1 Å². The maximum absolute atomic E-state index is 4.35. The van der Waals surface area contributed by atoms with Crippen LogP contribution in [-0.4, -0.2) is 35.3 Å². The Balaban J connectivity index is 2.10. The Kier molecular flexibility index (Phi) is 3.82. The Morgan fingerprint density at radius 1 is 1.31 bits per heavy atom. The highest BCUT2D eigenvalue weighted by Crippen LogP contribution is 2.14. The molecule has 88 valence electrons. The average Bonchev–Trinajstić information content (AvgIpc) is 2.30. The Hall–Kier alpha value is -1.04. The summed E-state index contributed by atoms with van der Waals surface area (Å²) in [4.78, 5) is 8.47. The topological polar surface area (TPSA) is 61.9 Å². The first-order chi connectivity index (χ1) is 7.77. The van der Waals surface area contributed by atoms with Crippen LogP contribution in [0.5, 0.6) is 0 Å². The van der Waals surface area contributed by atoms with Crippen molar-refractivity contribution in [3.05, 3.63) is 24.3 Å². The number of nitrogens with zero attached hydrogens (tertiary/aromatic N) is 2. The molecule has 0 amide bonds. The van der Waals surface area contributed by atoms with Crippen LogP contribution in [0.25, 0.3) is 0 Å². The Morgan fingerprint density at radius 3 is 2.81 bits per heavy atom. The van der Waals surface area contributed by atoms with Gasteiger partial charge in [-0.05, 0) is 13.8 Å². The molecule has 0 aromatic carbocycles. The standard InChI is InChI=1S/C11H19N5/c1-8(2)16-11-10(14-5-6-15-11)9-7-12-3-4-13-9/h3-4,7-8,10-11,14-16H,5-6H2,1-2H3. The predicted octanol–water partition coefficient (Wildman–Crippen LogP) is 0.0346. The fourth-order valence-corrected chi connectivity index (χ4v) is 1.95. The van der Waals surface area contributed by atoms with E-state index in [4.69, 9.17) is 0 Å². The van der Waals surface area contributed by atoms with Crippen LogP contribution in [0.2, 0.25) is 0 Å². The number of hydrogen-bond donors (Lipinski definition) is 3. The van der Waals surface area contributed by atoms with Crippen LogP contribution in [0.4, 0.5) is 0 Å². The van der Waals surface area contributed by atoms with Gasteiger partial charge in [-0.1, -0.05) is 0 Å². The zero-order valence-electron chi connectivity index (χ0n) is 9.77. The van der Waals surface area contributed by atoms with Crippen LogP contribution >= 0.6 is 0 Å². The largest absolute Gasteiger partial charge is 0.305 e. The zero-order valence-corrected chi connectivity index (χ0v) is 9.77. The van der Waals surface area contributed by atoms with Gasteiger partial charge < -0.3 is 5.32 Å². The second-order valence-electron chi connectivity index (χ2n) is 4.32. The highest BCUT2D eigenvalue weighted by molar-refractivity contribution is 5.07. The molecule has 5 heteroatoms. The summed E-state index contributed by atoms with van der Waals surface area (Å²) in [6.45, 7) is 6.21. The zero-order chi connectivity index (χ0) is 11.4. The number of rotatable bonds is 3. The fourth-order valence-electron chi connectivity index (χ4n) is 1.95. The molecule has 0 spiro atoms. The summed E-state index contributed by atoms with van der Waals surface area (Å²) in [6, 6.07) is 0.626. The Bertz CT molecular complexity index is 313. The van der Waals surface area contributed by atoms with Gasteiger partial charge in [-0.3, -0.25) is 20.6 Å². The lowest BCUT2D eigenvalue weighted by Gasteiger charge is -2.35. The molecule has 1 aliphatic rings. The van der Waals surface area contributed by atoms with Crippen LogP contribution in [0.15, 0.2) is 18.6 Å². The molecular formula is C11H19N5. The molecule has 5 nitrogen and oxygen atoms in total. The first-order valence-corrected chi connectivity index (χ1v) is 5.76. The van der Waals surface area contributed by atoms with E-state index in [1.165, 1.54) is 0 Å². The molecule has 0 saturated carbocycles. The Morgan fingerprint density at radius 2 is 2.12 bits per heavy atom. The summed E-state index contributed by atoms with van der Waals surface area (Å²) in [6.07, 6.45) is 5.47. The van der Waals surface area contributed by atoms with Crippen molar-refractivity contribution in [1.82, 2.24) is 25.9 Å². The lowest BCUT2D eigenvalue weighted by atomic mass is 10.1. The van der Waals surface area contributed by atoms with Crippen molar-refractivity contribution in [2.75, 3.05) is 13.1 Å². The average molecular weight is 221 g/mol. The van der Waals surface area contributed by atoms with Crippen molar-refractivity contribution >= 4 is 0 Å². The molecule has 2 heterocycles. The van der Waals surface area contributed by atoms with Crippen molar-refractivity contribution in [1.29, 1.82) is 0 Å². The van der Waals surface area contributed by atoms with E-state index in [2.05, 4.69) is 39.8 Å². The summed E-state index contributed by atoms with van der Waals surface area (Å²) in [5.74, 6) is 0. The summed E-state index contributed by atoms with van der Waals surface area (Å²) in [5.41, 5.74) is 0.979. The smallest absolute Gasteiger partial charge is 0.0801 e. The molecule has 1 aliphatic heterocycles. The molecule has 2 atom stereocenters. The van der Waals surface area contributed by atoms with Crippen molar-refractivity contribution in [2.24, 2.45) is 0 Å². The van der Waals surface area contributed by atoms with E-state index in [1.807, 2.05) is 6.20 Å². The molecule has 1 fully saturated rings. The number of aromatic nitrogens is 2. The van der Waals surface area contributed by atoms with Crippen molar-refractivity contribution in [2.45, 2.75) is 32.1 Å². The van der Waals surface area contributed by atoms with E-state index in [-0.39, 0.29) is 12.2 Å². The summed E-state index contributed by atoms with van der Waals surface area (Å²) >= 11 is 0. The normalized spacial score (nSPS) is 25.9. The van der Waals surface area contributed by atoms with Gasteiger partial charge in [-0.2, -0.15) is 0 Å². The number of hydrogen-bond acceptors (Lipinski definition) is 5. The number of piperazine rings is 1. The molecule has 1 aromatic heterocycles.